The molecule has 0 aliphatic heterocycles. The molecule has 4 aromatic rings. The molecule has 12 heteroatoms. The molecule has 240 valence electrons. The van der Waals surface area contributed by atoms with Crippen LogP contribution in [0.3, 0.4) is 0 Å². The largest absolute Gasteiger partial charge is 0.497 e. The Morgan fingerprint density at radius 3 is 2.04 bits per heavy atom. The fourth-order valence-corrected chi connectivity index (χ4v) is 5.40. The second-order valence-corrected chi connectivity index (χ2v) is 13.1. The van der Waals surface area contributed by atoms with Gasteiger partial charge in [0.2, 0.25) is 16.0 Å². The molecule has 1 aromatic heterocycles. The van der Waals surface area contributed by atoms with E-state index in [1.807, 2.05) is 48.5 Å². The third-order valence-corrected chi connectivity index (χ3v) is 8.74. The number of ether oxygens (including phenoxy) is 4. The summed E-state index contributed by atoms with van der Waals surface area (Å²) in [6, 6.07) is 22.4. The van der Waals surface area contributed by atoms with E-state index in [0.717, 1.165) is 21.7 Å². The smallest absolute Gasteiger partial charge is 0.239 e. The lowest BCUT2D eigenvalue weighted by atomic mass is 9.78. The summed E-state index contributed by atoms with van der Waals surface area (Å²) >= 11 is 5.63. The highest BCUT2D eigenvalue weighted by Gasteiger charge is 2.24. The van der Waals surface area contributed by atoms with Gasteiger partial charge in [-0.1, -0.05) is 38.1 Å². The van der Waals surface area contributed by atoms with Crippen molar-refractivity contribution in [2.75, 3.05) is 37.3 Å². The number of alkyl halides is 1. The van der Waals surface area contributed by atoms with Crippen molar-refractivity contribution in [2.45, 2.75) is 38.5 Å². The van der Waals surface area contributed by atoms with E-state index in [1.165, 1.54) is 13.3 Å². The second-order valence-electron chi connectivity index (χ2n) is 10.9. The van der Waals surface area contributed by atoms with Gasteiger partial charge in [-0.2, -0.15) is 0 Å². The Morgan fingerprint density at radius 2 is 1.49 bits per heavy atom. The number of aliphatic hydroxyl groups is 1. The molecule has 0 aliphatic rings. The van der Waals surface area contributed by atoms with E-state index >= 15 is 0 Å². The molecular formula is C33H38ClN3O7S. The van der Waals surface area contributed by atoms with E-state index in [0.29, 0.717) is 34.3 Å². The van der Waals surface area contributed by atoms with Gasteiger partial charge in [0.05, 0.1) is 38.6 Å². The summed E-state index contributed by atoms with van der Waals surface area (Å²) in [5.41, 5.74) is 3.03. The lowest BCUT2D eigenvalue weighted by Crippen LogP contribution is -2.31. The van der Waals surface area contributed by atoms with Crippen molar-refractivity contribution >= 4 is 27.6 Å². The molecule has 45 heavy (non-hydrogen) atoms. The molecule has 1 unspecified atom stereocenters. The Hall–Kier alpha value is -4.06. The molecule has 1 N–H and O–H groups in total. The maximum absolute atomic E-state index is 12.8. The quantitative estimate of drug-likeness (QED) is 0.169. The maximum Gasteiger partial charge on any atom is 0.239 e. The Balaban J connectivity index is 1.44. The lowest BCUT2D eigenvalue weighted by Gasteiger charge is -2.26. The van der Waals surface area contributed by atoms with Crippen LogP contribution in [-0.4, -0.2) is 62.6 Å². The van der Waals surface area contributed by atoms with Gasteiger partial charge in [-0.25, -0.2) is 22.7 Å². The van der Waals surface area contributed by atoms with Gasteiger partial charge in [0.25, 0.3) is 0 Å². The van der Waals surface area contributed by atoms with Gasteiger partial charge in [-0.3, -0.25) is 0 Å². The average molecular weight is 656 g/mol. The standard InChI is InChI=1S/C33H38ClN3O7S/c1-33(2,25-9-14-29(15-10-25)44-22-27(38)19-34)24-7-12-28(13-8-24)43-21-26-16-17-35-32(36-26)37(45(5,39)40)20-23-6-11-30(41-3)18-31(23)42-4/h6-18,27,38H,19-22H2,1-5H3. The molecule has 1 atom stereocenters. The minimum Gasteiger partial charge on any atom is -0.497 e. The number of anilines is 1. The number of methoxy groups -OCH3 is 2. The van der Waals surface area contributed by atoms with Crippen molar-refractivity contribution in [2.24, 2.45) is 0 Å². The third kappa shape index (κ3) is 8.78. The van der Waals surface area contributed by atoms with Crippen LogP contribution in [0.2, 0.25) is 0 Å². The first-order valence-electron chi connectivity index (χ1n) is 14.2. The number of rotatable bonds is 15. The first-order valence-corrected chi connectivity index (χ1v) is 16.5. The van der Waals surface area contributed by atoms with Crippen LogP contribution in [0.15, 0.2) is 79.0 Å². The van der Waals surface area contributed by atoms with Crippen LogP contribution in [0.5, 0.6) is 23.0 Å². The summed E-state index contributed by atoms with van der Waals surface area (Å²) in [6.45, 7) is 4.49. The number of aliphatic hydroxyl groups excluding tert-OH is 1. The fourth-order valence-electron chi connectivity index (χ4n) is 4.56. The van der Waals surface area contributed by atoms with Crippen LogP contribution >= 0.6 is 11.6 Å². The normalized spacial score (nSPS) is 12.3. The van der Waals surface area contributed by atoms with Crippen molar-refractivity contribution in [3.05, 3.63) is 101 Å². The molecule has 1 heterocycles. The topological polar surface area (TPSA) is 120 Å². The van der Waals surface area contributed by atoms with E-state index in [9.17, 15) is 13.5 Å². The predicted octanol–water partition coefficient (Wildman–Crippen LogP) is 5.34. The minimum atomic E-state index is -3.73. The molecule has 3 aromatic carbocycles. The molecule has 0 saturated heterocycles. The first kappa shape index (κ1) is 33.8. The maximum atomic E-state index is 12.8. The van der Waals surface area contributed by atoms with Crippen LogP contribution in [0.4, 0.5) is 5.95 Å². The van der Waals surface area contributed by atoms with E-state index in [2.05, 4.69) is 23.8 Å². The van der Waals surface area contributed by atoms with Gasteiger partial charge < -0.3 is 24.1 Å². The van der Waals surface area contributed by atoms with Crippen LogP contribution < -0.4 is 23.3 Å². The number of hydrogen-bond donors (Lipinski definition) is 1. The van der Waals surface area contributed by atoms with E-state index in [4.69, 9.17) is 30.5 Å². The highest BCUT2D eigenvalue weighted by Crippen LogP contribution is 2.34. The zero-order chi connectivity index (χ0) is 32.6. The van der Waals surface area contributed by atoms with Crippen molar-refractivity contribution < 1.29 is 32.5 Å². The van der Waals surface area contributed by atoms with Crippen molar-refractivity contribution in [1.82, 2.24) is 9.97 Å². The van der Waals surface area contributed by atoms with E-state index < -0.39 is 16.1 Å². The first-order chi connectivity index (χ1) is 21.4. The molecule has 0 bridgehead atoms. The number of hydrogen-bond acceptors (Lipinski definition) is 9. The summed E-state index contributed by atoms with van der Waals surface area (Å²) in [5, 5.41) is 9.62. The molecule has 0 amide bonds. The van der Waals surface area contributed by atoms with Gasteiger partial charge in [0.15, 0.2) is 0 Å². The second kappa shape index (κ2) is 14.8. The summed E-state index contributed by atoms with van der Waals surface area (Å²) in [6.07, 6.45) is 1.90. The van der Waals surface area contributed by atoms with Gasteiger partial charge in [-0.05, 0) is 53.6 Å². The van der Waals surface area contributed by atoms with Gasteiger partial charge in [0.1, 0.15) is 42.3 Å². The number of nitrogens with zero attached hydrogens (tertiary/aromatic N) is 3. The summed E-state index contributed by atoms with van der Waals surface area (Å²) in [5.74, 6) is 2.52. The van der Waals surface area contributed by atoms with Crippen molar-refractivity contribution in [3.63, 3.8) is 0 Å². The number of sulfonamides is 1. The number of halogens is 1. The molecule has 0 aliphatic carbocycles. The van der Waals surface area contributed by atoms with Crippen LogP contribution in [0.25, 0.3) is 0 Å². The number of benzene rings is 3. The summed E-state index contributed by atoms with van der Waals surface area (Å²) in [4.78, 5) is 8.72. The Morgan fingerprint density at radius 1 is 0.889 bits per heavy atom. The Kier molecular flexibility index (Phi) is 11.1. The zero-order valence-corrected chi connectivity index (χ0v) is 27.5. The number of aromatic nitrogens is 2. The Labute approximate surface area is 269 Å². The molecule has 0 saturated carbocycles. The van der Waals surface area contributed by atoms with Gasteiger partial charge in [-0.15, -0.1) is 11.6 Å². The van der Waals surface area contributed by atoms with Crippen LogP contribution in [-0.2, 0) is 28.6 Å². The van der Waals surface area contributed by atoms with Crippen molar-refractivity contribution in [3.8, 4) is 23.0 Å². The van der Waals surface area contributed by atoms with E-state index in [1.54, 1.807) is 31.4 Å². The molecule has 4 rings (SSSR count). The predicted molar refractivity (Wildman–Crippen MR) is 174 cm³/mol. The zero-order valence-electron chi connectivity index (χ0n) is 25.9. The fraction of sp³-hybridized carbons (Fsp3) is 0.333. The molecule has 0 radical (unpaired) electrons. The SMILES string of the molecule is COc1ccc(CN(c2nccc(COc3ccc(C(C)(C)c4ccc(OCC(O)CCl)cc4)cc3)n2)S(C)(=O)=O)c(OC)c1. The van der Waals surface area contributed by atoms with Gasteiger partial charge in [0, 0.05) is 23.2 Å². The lowest BCUT2D eigenvalue weighted by molar-refractivity contribution is 0.125. The van der Waals surface area contributed by atoms with E-state index in [-0.39, 0.29) is 37.0 Å². The third-order valence-electron chi connectivity index (χ3n) is 7.29. The van der Waals surface area contributed by atoms with Crippen molar-refractivity contribution in [1.29, 1.82) is 0 Å². The highest BCUT2D eigenvalue weighted by molar-refractivity contribution is 7.92. The minimum absolute atomic E-state index is 0.0273. The van der Waals surface area contributed by atoms with Crippen LogP contribution in [0.1, 0.15) is 36.2 Å². The molecular weight excluding hydrogens is 618 g/mol. The molecule has 0 spiro atoms. The molecule has 0 fully saturated rings. The Bertz CT molecular complexity index is 1670. The average Bonchev–Trinajstić information content (AvgIpc) is 3.05. The summed E-state index contributed by atoms with van der Waals surface area (Å²) < 4.78 is 49.0. The summed E-state index contributed by atoms with van der Waals surface area (Å²) in [7, 11) is -0.677. The monoisotopic (exact) mass is 655 g/mol. The molecule has 10 nitrogen and oxygen atoms in total. The van der Waals surface area contributed by atoms with Gasteiger partial charge >= 0.3 is 0 Å². The highest BCUT2D eigenvalue weighted by atomic mass is 35.5. The van der Waals surface area contributed by atoms with Crippen LogP contribution in [0, 0.1) is 0 Å².